The molecule has 21 heavy (non-hydrogen) atoms. The van der Waals surface area contributed by atoms with Crippen molar-refractivity contribution in [2.24, 2.45) is 0 Å². The van der Waals surface area contributed by atoms with Gasteiger partial charge in [-0.15, -0.1) is 0 Å². The van der Waals surface area contributed by atoms with E-state index in [-0.39, 0.29) is 0 Å². The van der Waals surface area contributed by atoms with Gasteiger partial charge in [0, 0.05) is 21.8 Å². The molecule has 1 aliphatic rings. The molecule has 5 heteroatoms. The number of aromatic nitrogens is 2. The Balaban J connectivity index is 2.01. The van der Waals surface area contributed by atoms with Crippen molar-refractivity contribution in [3.05, 3.63) is 51.7 Å². The molecule has 1 heterocycles. The molecule has 0 spiro atoms. The van der Waals surface area contributed by atoms with E-state index in [2.05, 4.69) is 26.6 Å². The van der Waals surface area contributed by atoms with Crippen molar-refractivity contribution in [3.63, 3.8) is 0 Å². The molecule has 1 saturated carbocycles. The van der Waals surface area contributed by atoms with Gasteiger partial charge in [0.05, 0.1) is 16.1 Å². The fourth-order valence-corrected chi connectivity index (χ4v) is 3.05. The van der Waals surface area contributed by atoms with Gasteiger partial charge in [0.2, 0.25) is 0 Å². The van der Waals surface area contributed by atoms with E-state index in [1.165, 1.54) is 12.8 Å². The molecule has 0 radical (unpaired) electrons. The monoisotopic (exact) mass is 361 g/mol. The molecule has 4 rings (SSSR count). The molecule has 1 aliphatic carbocycles. The smallest absolute Gasteiger partial charge is 0.117 e. The minimum absolute atomic E-state index is 0.543. The number of nitrogens with two attached hydrogens (primary N) is 1. The SMILES string of the molecule is Nc1ccc2c(c1)nc(C1CC1)n2-c1ccc(Br)c(Cl)c1. The summed E-state index contributed by atoms with van der Waals surface area (Å²) < 4.78 is 3.10. The lowest BCUT2D eigenvalue weighted by Gasteiger charge is -2.10. The Kier molecular flexibility index (Phi) is 2.98. The van der Waals surface area contributed by atoms with Crippen LogP contribution in [0.2, 0.25) is 5.02 Å². The lowest BCUT2D eigenvalue weighted by molar-refractivity contribution is 0.896. The van der Waals surface area contributed by atoms with Crippen LogP contribution in [0.3, 0.4) is 0 Å². The maximum absolute atomic E-state index is 6.25. The van der Waals surface area contributed by atoms with Gasteiger partial charge in [0.1, 0.15) is 5.82 Å². The third kappa shape index (κ3) is 2.23. The number of hydrogen-bond donors (Lipinski definition) is 1. The summed E-state index contributed by atoms with van der Waals surface area (Å²) in [6.45, 7) is 0. The normalized spacial score (nSPS) is 14.8. The van der Waals surface area contributed by atoms with E-state index in [4.69, 9.17) is 22.3 Å². The zero-order valence-corrected chi connectivity index (χ0v) is 13.5. The minimum atomic E-state index is 0.543. The summed E-state index contributed by atoms with van der Waals surface area (Å²) in [6.07, 6.45) is 2.39. The Morgan fingerprint density at radius 1 is 1.19 bits per heavy atom. The van der Waals surface area contributed by atoms with Gasteiger partial charge >= 0.3 is 0 Å². The number of nitrogens with zero attached hydrogens (tertiary/aromatic N) is 2. The highest BCUT2D eigenvalue weighted by atomic mass is 79.9. The van der Waals surface area contributed by atoms with E-state index in [1.54, 1.807) is 0 Å². The molecule has 3 nitrogen and oxygen atoms in total. The van der Waals surface area contributed by atoms with Crippen LogP contribution in [-0.2, 0) is 0 Å². The molecular formula is C16H13BrClN3. The first kappa shape index (κ1) is 13.2. The van der Waals surface area contributed by atoms with E-state index >= 15 is 0 Å². The van der Waals surface area contributed by atoms with Crippen molar-refractivity contribution in [2.75, 3.05) is 5.73 Å². The lowest BCUT2D eigenvalue weighted by Crippen LogP contribution is -2.00. The summed E-state index contributed by atoms with van der Waals surface area (Å²) in [5.41, 5.74) is 9.67. The number of halogens is 2. The van der Waals surface area contributed by atoms with E-state index in [9.17, 15) is 0 Å². The van der Waals surface area contributed by atoms with E-state index in [1.807, 2.05) is 30.3 Å². The fraction of sp³-hybridized carbons (Fsp3) is 0.188. The van der Waals surface area contributed by atoms with E-state index in [0.717, 1.165) is 32.7 Å². The van der Waals surface area contributed by atoms with Crippen LogP contribution in [0.25, 0.3) is 16.7 Å². The van der Waals surface area contributed by atoms with Crippen LogP contribution in [0.15, 0.2) is 40.9 Å². The van der Waals surface area contributed by atoms with Crippen molar-refractivity contribution in [2.45, 2.75) is 18.8 Å². The summed E-state index contributed by atoms with van der Waals surface area (Å²) in [5, 5.41) is 0.701. The number of hydrogen-bond acceptors (Lipinski definition) is 2. The molecule has 0 aliphatic heterocycles. The van der Waals surface area contributed by atoms with Gasteiger partial charge in [0.15, 0.2) is 0 Å². The van der Waals surface area contributed by atoms with Crippen LogP contribution in [0.5, 0.6) is 0 Å². The predicted octanol–water partition coefficient (Wildman–Crippen LogP) is 4.90. The number of anilines is 1. The van der Waals surface area contributed by atoms with Crippen molar-refractivity contribution < 1.29 is 0 Å². The highest BCUT2D eigenvalue weighted by Gasteiger charge is 2.30. The van der Waals surface area contributed by atoms with Crippen LogP contribution >= 0.6 is 27.5 Å². The zero-order valence-electron chi connectivity index (χ0n) is 11.2. The molecule has 2 aromatic carbocycles. The maximum atomic E-state index is 6.25. The zero-order chi connectivity index (χ0) is 14.6. The predicted molar refractivity (Wildman–Crippen MR) is 90.2 cm³/mol. The molecule has 1 aromatic heterocycles. The average molecular weight is 363 g/mol. The number of nitrogen functional groups attached to an aromatic ring is 1. The standard InChI is InChI=1S/C16H13BrClN3/c17-12-5-4-11(8-13(12)18)21-15-6-3-10(19)7-14(15)20-16(21)9-1-2-9/h3-9H,1-2,19H2. The fourth-order valence-electron chi connectivity index (χ4n) is 2.63. The first-order valence-corrected chi connectivity index (χ1v) is 8.04. The summed E-state index contributed by atoms with van der Waals surface area (Å²) in [6, 6.07) is 11.9. The number of fused-ring (bicyclic) bond motifs is 1. The average Bonchev–Trinajstić information content (AvgIpc) is 3.23. The highest BCUT2D eigenvalue weighted by Crippen LogP contribution is 2.42. The third-order valence-corrected chi connectivity index (χ3v) is 5.04. The van der Waals surface area contributed by atoms with Crippen molar-refractivity contribution in [1.29, 1.82) is 0 Å². The number of rotatable bonds is 2. The second-order valence-corrected chi connectivity index (χ2v) is 6.69. The highest BCUT2D eigenvalue weighted by molar-refractivity contribution is 9.10. The Morgan fingerprint density at radius 3 is 2.71 bits per heavy atom. The van der Waals surface area contributed by atoms with Crippen LogP contribution in [0.1, 0.15) is 24.6 Å². The van der Waals surface area contributed by atoms with Gasteiger partial charge in [-0.25, -0.2) is 4.98 Å². The molecule has 0 unspecified atom stereocenters. The van der Waals surface area contributed by atoms with Gasteiger partial charge in [-0.05, 0) is 65.2 Å². The third-order valence-electron chi connectivity index (χ3n) is 3.81. The van der Waals surface area contributed by atoms with Gasteiger partial charge in [-0.2, -0.15) is 0 Å². The van der Waals surface area contributed by atoms with Gasteiger partial charge < -0.3 is 5.73 Å². The van der Waals surface area contributed by atoms with Crippen molar-refractivity contribution >= 4 is 44.3 Å². The Labute approximate surface area is 135 Å². The van der Waals surface area contributed by atoms with Crippen LogP contribution in [-0.4, -0.2) is 9.55 Å². The topological polar surface area (TPSA) is 43.8 Å². The molecule has 2 N–H and O–H groups in total. The van der Waals surface area contributed by atoms with Crippen LogP contribution in [0, 0.1) is 0 Å². The van der Waals surface area contributed by atoms with Crippen molar-refractivity contribution in [1.82, 2.24) is 9.55 Å². The molecule has 0 amide bonds. The molecule has 3 aromatic rings. The first-order chi connectivity index (χ1) is 10.1. The number of benzene rings is 2. The summed E-state index contributed by atoms with van der Waals surface area (Å²) in [7, 11) is 0. The maximum Gasteiger partial charge on any atom is 0.117 e. The molecule has 1 fully saturated rings. The molecular weight excluding hydrogens is 350 g/mol. The van der Waals surface area contributed by atoms with Crippen LogP contribution < -0.4 is 5.73 Å². The van der Waals surface area contributed by atoms with Gasteiger partial charge in [-0.3, -0.25) is 4.57 Å². The Morgan fingerprint density at radius 2 is 2.00 bits per heavy atom. The molecule has 0 bridgehead atoms. The Hall–Kier alpha value is -1.52. The van der Waals surface area contributed by atoms with E-state index in [0.29, 0.717) is 10.9 Å². The molecule has 0 saturated heterocycles. The minimum Gasteiger partial charge on any atom is -0.399 e. The molecule has 106 valence electrons. The summed E-state index contributed by atoms with van der Waals surface area (Å²) in [5.74, 6) is 1.65. The quantitative estimate of drug-likeness (QED) is 0.659. The first-order valence-electron chi connectivity index (χ1n) is 6.87. The summed E-state index contributed by atoms with van der Waals surface area (Å²) >= 11 is 9.69. The molecule has 0 atom stereocenters. The van der Waals surface area contributed by atoms with Crippen molar-refractivity contribution in [3.8, 4) is 5.69 Å². The summed E-state index contributed by atoms with van der Waals surface area (Å²) in [4.78, 5) is 4.79. The van der Waals surface area contributed by atoms with Gasteiger partial charge in [0.25, 0.3) is 0 Å². The number of imidazole rings is 1. The van der Waals surface area contributed by atoms with E-state index < -0.39 is 0 Å². The second-order valence-electron chi connectivity index (χ2n) is 5.43. The lowest BCUT2D eigenvalue weighted by atomic mass is 10.2. The second kappa shape index (κ2) is 4.75. The van der Waals surface area contributed by atoms with Crippen LogP contribution in [0.4, 0.5) is 5.69 Å². The van der Waals surface area contributed by atoms with Gasteiger partial charge in [-0.1, -0.05) is 11.6 Å². The largest absolute Gasteiger partial charge is 0.399 e. The Bertz CT molecular complexity index is 852.